The molecule has 0 aromatic heterocycles. The fourth-order valence-corrected chi connectivity index (χ4v) is 1.67. The topological polar surface area (TPSA) is 29.5 Å². The predicted octanol–water partition coefficient (Wildman–Crippen LogP) is 2.38. The van der Waals surface area contributed by atoms with E-state index in [0.29, 0.717) is 13.0 Å². The third kappa shape index (κ3) is 5.00. The highest BCUT2D eigenvalue weighted by atomic mass is 16.5. The van der Waals surface area contributed by atoms with Crippen LogP contribution in [0.3, 0.4) is 0 Å². The molecule has 0 unspecified atom stereocenters. The molecule has 0 atom stereocenters. The van der Waals surface area contributed by atoms with Gasteiger partial charge in [0.05, 0.1) is 13.0 Å². The molecule has 1 aromatic rings. The summed E-state index contributed by atoms with van der Waals surface area (Å²) in [6.45, 7) is 5.99. The zero-order valence-corrected chi connectivity index (χ0v) is 10.9. The molecule has 0 aliphatic carbocycles. The van der Waals surface area contributed by atoms with Gasteiger partial charge in [0.15, 0.2) is 0 Å². The Morgan fingerprint density at radius 3 is 2.71 bits per heavy atom. The molecule has 0 radical (unpaired) electrons. The second-order valence-corrected chi connectivity index (χ2v) is 4.22. The average molecular weight is 235 g/mol. The van der Waals surface area contributed by atoms with Crippen molar-refractivity contribution in [1.29, 1.82) is 0 Å². The number of nitrogens with zero attached hydrogens (tertiary/aromatic N) is 1. The summed E-state index contributed by atoms with van der Waals surface area (Å²) in [5, 5.41) is 0. The summed E-state index contributed by atoms with van der Waals surface area (Å²) in [6, 6.07) is 8.31. The molecule has 0 spiro atoms. The molecular formula is C14H21NO2. The Labute approximate surface area is 103 Å². The van der Waals surface area contributed by atoms with Gasteiger partial charge in [-0.15, -0.1) is 0 Å². The van der Waals surface area contributed by atoms with Crippen molar-refractivity contribution in [3.05, 3.63) is 35.4 Å². The number of benzene rings is 1. The summed E-state index contributed by atoms with van der Waals surface area (Å²) in [6.07, 6.45) is 0.455. The Kier molecular flexibility index (Phi) is 5.70. The number of hydrogen-bond donors (Lipinski definition) is 0. The van der Waals surface area contributed by atoms with Crippen LogP contribution in [0.15, 0.2) is 24.3 Å². The fraction of sp³-hybridized carbons (Fsp3) is 0.500. The highest BCUT2D eigenvalue weighted by molar-refractivity contribution is 5.69. The van der Waals surface area contributed by atoms with Gasteiger partial charge in [0.1, 0.15) is 0 Å². The third-order valence-electron chi connectivity index (χ3n) is 2.70. The molecule has 0 aliphatic heterocycles. The van der Waals surface area contributed by atoms with E-state index in [9.17, 15) is 4.79 Å². The lowest BCUT2D eigenvalue weighted by Gasteiger charge is -2.17. The monoisotopic (exact) mass is 235 g/mol. The standard InChI is InChI=1S/C14H21NO2/c1-4-17-14(16)9-10-15(3)11-13-8-6-5-7-12(13)2/h5-8H,4,9-11H2,1-3H3. The Bertz CT molecular complexity index is 363. The molecule has 0 saturated carbocycles. The molecular weight excluding hydrogens is 214 g/mol. The number of aryl methyl sites for hydroxylation is 1. The van der Waals surface area contributed by atoms with E-state index >= 15 is 0 Å². The summed E-state index contributed by atoms with van der Waals surface area (Å²) >= 11 is 0. The van der Waals surface area contributed by atoms with Crippen LogP contribution >= 0.6 is 0 Å². The van der Waals surface area contributed by atoms with Crippen LogP contribution in [0.4, 0.5) is 0 Å². The summed E-state index contributed by atoms with van der Waals surface area (Å²) in [7, 11) is 2.02. The lowest BCUT2D eigenvalue weighted by atomic mass is 10.1. The van der Waals surface area contributed by atoms with Crippen LogP contribution in [-0.2, 0) is 16.1 Å². The van der Waals surface area contributed by atoms with E-state index in [1.54, 1.807) is 0 Å². The van der Waals surface area contributed by atoms with Gasteiger partial charge in [0.2, 0.25) is 0 Å². The Morgan fingerprint density at radius 2 is 2.06 bits per heavy atom. The Morgan fingerprint density at radius 1 is 1.35 bits per heavy atom. The first-order valence-electron chi connectivity index (χ1n) is 6.02. The molecule has 0 aliphatic rings. The van der Waals surface area contributed by atoms with Crippen molar-refractivity contribution < 1.29 is 9.53 Å². The molecule has 0 fully saturated rings. The fourth-order valence-electron chi connectivity index (χ4n) is 1.67. The van der Waals surface area contributed by atoms with E-state index in [4.69, 9.17) is 4.74 Å². The lowest BCUT2D eigenvalue weighted by molar-refractivity contribution is -0.143. The molecule has 0 heterocycles. The third-order valence-corrected chi connectivity index (χ3v) is 2.70. The van der Waals surface area contributed by atoms with E-state index in [-0.39, 0.29) is 5.97 Å². The number of carbonyl (C=O) groups is 1. The summed E-state index contributed by atoms with van der Waals surface area (Å²) in [4.78, 5) is 13.4. The van der Waals surface area contributed by atoms with Gasteiger partial charge in [-0.1, -0.05) is 24.3 Å². The first kappa shape index (κ1) is 13.7. The van der Waals surface area contributed by atoms with Gasteiger partial charge in [0.25, 0.3) is 0 Å². The van der Waals surface area contributed by atoms with Gasteiger partial charge in [-0.3, -0.25) is 4.79 Å². The van der Waals surface area contributed by atoms with Crippen molar-refractivity contribution in [3.63, 3.8) is 0 Å². The molecule has 1 rings (SSSR count). The average Bonchev–Trinajstić information content (AvgIpc) is 2.30. The van der Waals surface area contributed by atoms with Gasteiger partial charge in [0, 0.05) is 13.1 Å². The zero-order valence-electron chi connectivity index (χ0n) is 10.9. The van der Waals surface area contributed by atoms with Crippen LogP contribution in [0.2, 0.25) is 0 Å². The summed E-state index contributed by atoms with van der Waals surface area (Å²) in [5.74, 6) is -0.121. The first-order chi connectivity index (χ1) is 8.13. The normalized spacial score (nSPS) is 10.6. The van der Waals surface area contributed by atoms with Crippen molar-refractivity contribution in [2.45, 2.75) is 26.8 Å². The predicted molar refractivity (Wildman–Crippen MR) is 68.8 cm³/mol. The highest BCUT2D eigenvalue weighted by Crippen LogP contribution is 2.09. The summed E-state index contributed by atoms with van der Waals surface area (Å²) < 4.78 is 4.90. The molecule has 0 bridgehead atoms. The van der Waals surface area contributed by atoms with Crippen LogP contribution in [0.25, 0.3) is 0 Å². The van der Waals surface area contributed by atoms with E-state index in [0.717, 1.165) is 13.1 Å². The molecule has 17 heavy (non-hydrogen) atoms. The van der Waals surface area contributed by atoms with Crippen LogP contribution < -0.4 is 0 Å². The maximum atomic E-state index is 11.2. The second kappa shape index (κ2) is 7.07. The number of esters is 1. The molecule has 0 amide bonds. The molecule has 0 N–H and O–H groups in total. The van der Waals surface area contributed by atoms with Crippen LogP contribution in [0.5, 0.6) is 0 Å². The van der Waals surface area contributed by atoms with Gasteiger partial charge in [-0.05, 0) is 32.0 Å². The number of carbonyl (C=O) groups excluding carboxylic acids is 1. The smallest absolute Gasteiger partial charge is 0.307 e. The van der Waals surface area contributed by atoms with Crippen LogP contribution in [0.1, 0.15) is 24.5 Å². The minimum atomic E-state index is -0.121. The van der Waals surface area contributed by atoms with Crippen molar-refractivity contribution in [2.24, 2.45) is 0 Å². The maximum Gasteiger partial charge on any atom is 0.307 e. The van der Waals surface area contributed by atoms with Crippen molar-refractivity contribution in [1.82, 2.24) is 4.90 Å². The first-order valence-corrected chi connectivity index (χ1v) is 6.02. The molecule has 3 heteroatoms. The highest BCUT2D eigenvalue weighted by Gasteiger charge is 2.06. The van der Waals surface area contributed by atoms with Crippen LogP contribution in [0, 0.1) is 6.92 Å². The molecule has 0 saturated heterocycles. The maximum absolute atomic E-state index is 11.2. The van der Waals surface area contributed by atoms with Crippen molar-refractivity contribution in [3.8, 4) is 0 Å². The summed E-state index contributed by atoms with van der Waals surface area (Å²) in [5.41, 5.74) is 2.59. The van der Waals surface area contributed by atoms with E-state index in [1.165, 1.54) is 11.1 Å². The molecule has 94 valence electrons. The lowest BCUT2D eigenvalue weighted by Crippen LogP contribution is -2.22. The number of rotatable bonds is 6. The van der Waals surface area contributed by atoms with Gasteiger partial charge >= 0.3 is 5.97 Å². The van der Waals surface area contributed by atoms with Gasteiger partial charge < -0.3 is 9.64 Å². The van der Waals surface area contributed by atoms with Gasteiger partial charge in [-0.25, -0.2) is 0 Å². The largest absolute Gasteiger partial charge is 0.466 e. The number of hydrogen-bond acceptors (Lipinski definition) is 3. The zero-order chi connectivity index (χ0) is 12.7. The Balaban J connectivity index is 2.37. The SMILES string of the molecule is CCOC(=O)CCN(C)Cc1ccccc1C. The van der Waals surface area contributed by atoms with Gasteiger partial charge in [-0.2, -0.15) is 0 Å². The van der Waals surface area contributed by atoms with E-state index in [2.05, 4.69) is 24.0 Å². The van der Waals surface area contributed by atoms with E-state index < -0.39 is 0 Å². The minimum absolute atomic E-state index is 0.121. The molecule has 3 nitrogen and oxygen atoms in total. The van der Waals surface area contributed by atoms with E-state index in [1.807, 2.05) is 26.1 Å². The van der Waals surface area contributed by atoms with Crippen molar-refractivity contribution in [2.75, 3.05) is 20.2 Å². The quantitative estimate of drug-likeness (QED) is 0.709. The number of ether oxygens (including phenoxy) is 1. The van der Waals surface area contributed by atoms with Crippen LogP contribution in [-0.4, -0.2) is 31.1 Å². The minimum Gasteiger partial charge on any atom is -0.466 e. The molecule has 1 aromatic carbocycles. The Hall–Kier alpha value is -1.35. The van der Waals surface area contributed by atoms with Crippen molar-refractivity contribution >= 4 is 5.97 Å². The second-order valence-electron chi connectivity index (χ2n) is 4.22.